The van der Waals surface area contributed by atoms with Crippen LogP contribution in [-0.2, 0) is 16.0 Å². The summed E-state index contributed by atoms with van der Waals surface area (Å²) in [5.74, 6) is -0.0773. The first-order valence-electron chi connectivity index (χ1n) is 7.72. The smallest absolute Gasteiger partial charge is 0.244 e. The van der Waals surface area contributed by atoms with Gasteiger partial charge in [-0.3, -0.25) is 9.59 Å². The zero-order valence-electron chi connectivity index (χ0n) is 13.1. The van der Waals surface area contributed by atoms with E-state index in [1.165, 1.54) is 6.08 Å². The number of nitrogens with two attached hydrogens (primary N) is 1. The predicted octanol–water partition coefficient (Wildman–Crippen LogP) is 1.98. The lowest BCUT2D eigenvalue weighted by Crippen LogP contribution is -2.36. The largest absolute Gasteiger partial charge is 0.493 e. The van der Waals surface area contributed by atoms with Gasteiger partial charge in [0.25, 0.3) is 0 Å². The lowest BCUT2D eigenvalue weighted by Gasteiger charge is -2.14. The Kier molecular flexibility index (Phi) is 4.61. The lowest BCUT2D eigenvalue weighted by atomic mass is 10.1. The van der Waals surface area contributed by atoms with E-state index in [1.54, 1.807) is 30.3 Å². The SMILES string of the molecule is NC(=O)C(NC(=O)/C=C/c1ccc2c(c1)CCO2)c1ccccc1. The van der Waals surface area contributed by atoms with Gasteiger partial charge in [-0.2, -0.15) is 0 Å². The minimum atomic E-state index is -0.850. The molecule has 0 radical (unpaired) electrons. The molecule has 122 valence electrons. The van der Waals surface area contributed by atoms with Gasteiger partial charge in [-0.15, -0.1) is 0 Å². The average Bonchev–Trinajstić information content (AvgIpc) is 3.06. The second kappa shape index (κ2) is 7.00. The fourth-order valence-corrected chi connectivity index (χ4v) is 2.64. The van der Waals surface area contributed by atoms with Crippen molar-refractivity contribution in [3.63, 3.8) is 0 Å². The van der Waals surface area contributed by atoms with Crippen LogP contribution in [0.15, 0.2) is 54.6 Å². The van der Waals surface area contributed by atoms with Gasteiger partial charge in [-0.25, -0.2) is 0 Å². The molecule has 1 heterocycles. The topological polar surface area (TPSA) is 81.4 Å². The van der Waals surface area contributed by atoms with Gasteiger partial charge in [-0.05, 0) is 34.9 Å². The second-order valence-corrected chi connectivity index (χ2v) is 5.55. The zero-order chi connectivity index (χ0) is 16.9. The number of benzene rings is 2. The number of primary amides is 1. The molecule has 0 spiro atoms. The van der Waals surface area contributed by atoms with Crippen molar-refractivity contribution in [1.82, 2.24) is 5.32 Å². The number of fused-ring (bicyclic) bond motifs is 1. The maximum Gasteiger partial charge on any atom is 0.244 e. The molecule has 24 heavy (non-hydrogen) atoms. The van der Waals surface area contributed by atoms with Gasteiger partial charge in [0.2, 0.25) is 11.8 Å². The number of amides is 2. The molecule has 0 saturated carbocycles. The van der Waals surface area contributed by atoms with Crippen molar-refractivity contribution < 1.29 is 14.3 Å². The highest BCUT2D eigenvalue weighted by Crippen LogP contribution is 2.26. The van der Waals surface area contributed by atoms with Crippen LogP contribution in [0.4, 0.5) is 0 Å². The molecule has 2 aromatic rings. The fraction of sp³-hybridized carbons (Fsp3) is 0.158. The number of hydrogen-bond acceptors (Lipinski definition) is 3. The second-order valence-electron chi connectivity index (χ2n) is 5.55. The molecular weight excluding hydrogens is 304 g/mol. The van der Waals surface area contributed by atoms with E-state index in [9.17, 15) is 9.59 Å². The van der Waals surface area contributed by atoms with Crippen LogP contribution in [0.25, 0.3) is 6.08 Å². The molecule has 0 aromatic heterocycles. The Hall–Kier alpha value is -3.08. The highest BCUT2D eigenvalue weighted by molar-refractivity contribution is 5.95. The Labute approximate surface area is 140 Å². The molecule has 1 atom stereocenters. The third-order valence-electron chi connectivity index (χ3n) is 3.84. The van der Waals surface area contributed by atoms with Gasteiger partial charge in [0, 0.05) is 12.5 Å². The number of carbonyl (C=O) groups excluding carboxylic acids is 2. The Bertz CT molecular complexity index is 784. The van der Waals surface area contributed by atoms with Gasteiger partial charge in [0.15, 0.2) is 0 Å². The molecule has 1 aliphatic rings. The van der Waals surface area contributed by atoms with E-state index < -0.39 is 11.9 Å². The van der Waals surface area contributed by atoms with Crippen LogP contribution in [-0.4, -0.2) is 18.4 Å². The Morgan fingerprint density at radius 1 is 1.17 bits per heavy atom. The molecule has 5 heteroatoms. The summed E-state index contributed by atoms with van der Waals surface area (Å²) < 4.78 is 5.45. The minimum absolute atomic E-state index is 0.376. The summed E-state index contributed by atoms with van der Waals surface area (Å²) in [7, 11) is 0. The summed E-state index contributed by atoms with van der Waals surface area (Å²) >= 11 is 0. The minimum Gasteiger partial charge on any atom is -0.493 e. The number of rotatable bonds is 5. The van der Waals surface area contributed by atoms with E-state index in [-0.39, 0.29) is 5.91 Å². The van der Waals surface area contributed by atoms with Gasteiger partial charge < -0.3 is 15.8 Å². The summed E-state index contributed by atoms with van der Waals surface area (Å²) in [5, 5.41) is 2.63. The number of nitrogens with one attached hydrogen (secondary N) is 1. The van der Waals surface area contributed by atoms with Crippen molar-refractivity contribution in [2.45, 2.75) is 12.5 Å². The van der Waals surface area contributed by atoms with Crippen LogP contribution >= 0.6 is 0 Å². The van der Waals surface area contributed by atoms with Crippen LogP contribution in [0.2, 0.25) is 0 Å². The van der Waals surface area contributed by atoms with Crippen LogP contribution < -0.4 is 15.8 Å². The molecule has 1 unspecified atom stereocenters. The van der Waals surface area contributed by atoms with Gasteiger partial charge in [0.05, 0.1) is 6.61 Å². The number of ether oxygens (including phenoxy) is 1. The van der Waals surface area contributed by atoms with E-state index in [1.807, 2.05) is 24.3 Å². The van der Waals surface area contributed by atoms with Gasteiger partial charge in [-0.1, -0.05) is 36.4 Å². The highest BCUT2D eigenvalue weighted by atomic mass is 16.5. The predicted molar refractivity (Wildman–Crippen MR) is 91.2 cm³/mol. The molecule has 2 aromatic carbocycles. The van der Waals surface area contributed by atoms with E-state index >= 15 is 0 Å². The van der Waals surface area contributed by atoms with Crippen LogP contribution in [0.5, 0.6) is 5.75 Å². The summed E-state index contributed by atoms with van der Waals surface area (Å²) in [6.45, 7) is 0.695. The standard InChI is InChI=1S/C19H18N2O3/c20-19(23)18(14-4-2-1-3-5-14)21-17(22)9-7-13-6-8-16-15(12-13)10-11-24-16/h1-9,12,18H,10-11H2,(H2,20,23)(H,21,22)/b9-7+. The molecule has 3 N–H and O–H groups in total. The summed E-state index contributed by atoms with van der Waals surface area (Å²) in [6, 6.07) is 13.8. The normalized spacial score (nSPS) is 14.0. The first-order chi connectivity index (χ1) is 11.6. The third kappa shape index (κ3) is 3.63. The van der Waals surface area contributed by atoms with Crippen molar-refractivity contribution in [3.8, 4) is 5.75 Å². The quantitative estimate of drug-likeness (QED) is 0.826. The zero-order valence-corrected chi connectivity index (χ0v) is 13.1. The monoisotopic (exact) mass is 322 g/mol. The van der Waals surface area contributed by atoms with Crippen molar-refractivity contribution in [2.75, 3.05) is 6.61 Å². The van der Waals surface area contributed by atoms with Crippen molar-refractivity contribution in [1.29, 1.82) is 0 Å². The molecule has 0 fully saturated rings. The molecule has 5 nitrogen and oxygen atoms in total. The van der Waals surface area contributed by atoms with E-state index in [4.69, 9.17) is 10.5 Å². The maximum absolute atomic E-state index is 12.1. The Morgan fingerprint density at radius 3 is 2.71 bits per heavy atom. The van der Waals surface area contributed by atoms with Crippen molar-refractivity contribution in [2.24, 2.45) is 5.73 Å². The molecule has 0 aliphatic carbocycles. The number of hydrogen-bond donors (Lipinski definition) is 2. The van der Waals surface area contributed by atoms with Crippen LogP contribution in [0, 0.1) is 0 Å². The maximum atomic E-state index is 12.1. The van der Waals surface area contributed by atoms with E-state index in [0.29, 0.717) is 12.2 Å². The molecule has 2 amide bonds. The fourth-order valence-electron chi connectivity index (χ4n) is 2.64. The van der Waals surface area contributed by atoms with Crippen molar-refractivity contribution in [3.05, 3.63) is 71.3 Å². The molecule has 1 aliphatic heterocycles. The first kappa shape index (κ1) is 15.8. The molecule has 3 rings (SSSR count). The highest BCUT2D eigenvalue weighted by Gasteiger charge is 2.18. The summed E-state index contributed by atoms with van der Waals surface area (Å²) in [6.07, 6.45) is 3.98. The lowest BCUT2D eigenvalue weighted by molar-refractivity contribution is -0.125. The van der Waals surface area contributed by atoms with Gasteiger partial charge >= 0.3 is 0 Å². The van der Waals surface area contributed by atoms with Crippen LogP contribution in [0.1, 0.15) is 22.7 Å². The molecule has 0 bridgehead atoms. The molecular formula is C19H18N2O3. The Balaban J connectivity index is 1.69. The first-order valence-corrected chi connectivity index (χ1v) is 7.72. The van der Waals surface area contributed by atoms with Crippen molar-refractivity contribution >= 4 is 17.9 Å². The van der Waals surface area contributed by atoms with E-state index in [0.717, 1.165) is 23.3 Å². The summed E-state index contributed by atoms with van der Waals surface area (Å²) in [4.78, 5) is 23.7. The van der Waals surface area contributed by atoms with Crippen LogP contribution in [0.3, 0.4) is 0 Å². The van der Waals surface area contributed by atoms with E-state index in [2.05, 4.69) is 5.32 Å². The molecule has 0 saturated heterocycles. The third-order valence-corrected chi connectivity index (χ3v) is 3.84. The summed E-state index contributed by atoms with van der Waals surface area (Å²) in [5.41, 5.74) is 8.09. The number of carbonyl (C=O) groups is 2. The average molecular weight is 322 g/mol. The van der Waals surface area contributed by atoms with Gasteiger partial charge in [0.1, 0.15) is 11.8 Å². The Morgan fingerprint density at radius 2 is 1.96 bits per heavy atom.